The van der Waals surface area contributed by atoms with Crippen molar-refractivity contribution in [2.45, 2.75) is 32.5 Å². The molecule has 2 N–H and O–H groups in total. The fourth-order valence-electron chi connectivity index (χ4n) is 2.81. The van der Waals surface area contributed by atoms with Gasteiger partial charge in [0.05, 0.1) is 18.4 Å². The molecule has 144 valence electrons. The molecule has 1 fully saturated rings. The number of benzene rings is 1. The van der Waals surface area contributed by atoms with E-state index in [-0.39, 0.29) is 55.2 Å². The van der Waals surface area contributed by atoms with Gasteiger partial charge in [0.15, 0.2) is 0 Å². The second-order valence-corrected chi connectivity index (χ2v) is 5.86. The lowest BCUT2D eigenvalue weighted by Crippen LogP contribution is -2.55. The van der Waals surface area contributed by atoms with Crippen LogP contribution < -0.4 is 10.6 Å². The second-order valence-electron chi connectivity index (χ2n) is 5.86. The number of amides is 1. The maximum absolute atomic E-state index is 14.3. The minimum atomic E-state index is -0.378. The minimum Gasteiger partial charge on any atom is -0.375 e. The number of nitrogens with one attached hydrogen (secondary N) is 2. The monoisotopic (exact) mass is 404 g/mol. The zero-order valence-electron chi connectivity index (χ0n) is 14.6. The molecule has 9 heteroatoms. The van der Waals surface area contributed by atoms with Crippen molar-refractivity contribution in [2.75, 3.05) is 13.2 Å². The average Bonchev–Trinajstić information content (AvgIpc) is 2.99. The Morgan fingerprint density at radius 1 is 1.46 bits per heavy atom. The van der Waals surface area contributed by atoms with Gasteiger partial charge in [0.25, 0.3) is 0 Å². The summed E-state index contributed by atoms with van der Waals surface area (Å²) in [5, 5.41) is 5.95. The lowest BCUT2D eigenvalue weighted by Gasteiger charge is -2.29. The number of aryl methyl sites for hydroxylation is 1. The van der Waals surface area contributed by atoms with Crippen LogP contribution >= 0.6 is 24.8 Å². The van der Waals surface area contributed by atoms with Gasteiger partial charge in [-0.2, -0.15) is 0 Å². The SMILES string of the molecule is Cc1nccn1-c1ccc(CNC(=O)[C@H]2NCCO[C@@H]2C)cc1F.Cl.Cl. The summed E-state index contributed by atoms with van der Waals surface area (Å²) in [4.78, 5) is 16.3. The van der Waals surface area contributed by atoms with Crippen LogP contribution in [0.2, 0.25) is 0 Å². The van der Waals surface area contributed by atoms with Crippen molar-refractivity contribution in [3.63, 3.8) is 0 Å². The van der Waals surface area contributed by atoms with Gasteiger partial charge in [0, 0.05) is 25.5 Å². The molecule has 1 amide bonds. The van der Waals surface area contributed by atoms with E-state index in [1.807, 2.05) is 13.8 Å². The minimum absolute atomic E-state index is 0. The van der Waals surface area contributed by atoms with Crippen LogP contribution in [0.4, 0.5) is 4.39 Å². The van der Waals surface area contributed by atoms with Crippen LogP contribution in [0.25, 0.3) is 5.69 Å². The number of nitrogens with zero attached hydrogens (tertiary/aromatic N) is 2. The van der Waals surface area contributed by atoms with Crippen LogP contribution in [0, 0.1) is 12.7 Å². The Morgan fingerprint density at radius 2 is 2.23 bits per heavy atom. The van der Waals surface area contributed by atoms with Gasteiger partial charge < -0.3 is 19.9 Å². The third kappa shape index (κ3) is 4.94. The molecule has 1 aromatic carbocycles. The molecule has 1 aliphatic heterocycles. The first kappa shape index (κ1) is 22.4. The first-order valence-electron chi connectivity index (χ1n) is 7.97. The Bertz CT molecular complexity index is 741. The highest BCUT2D eigenvalue weighted by atomic mass is 35.5. The maximum Gasteiger partial charge on any atom is 0.240 e. The summed E-state index contributed by atoms with van der Waals surface area (Å²) in [5.41, 5.74) is 1.14. The summed E-state index contributed by atoms with van der Waals surface area (Å²) in [5.74, 6) is 0.222. The fraction of sp³-hybridized carbons (Fsp3) is 0.412. The van der Waals surface area contributed by atoms with Gasteiger partial charge in [-0.05, 0) is 31.5 Å². The van der Waals surface area contributed by atoms with Crippen LogP contribution in [0.1, 0.15) is 18.3 Å². The number of hydrogen-bond acceptors (Lipinski definition) is 4. The molecule has 0 unspecified atom stereocenters. The molecular weight excluding hydrogens is 382 g/mol. The van der Waals surface area contributed by atoms with E-state index >= 15 is 0 Å². The fourth-order valence-corrected chi connectivity index (χ4v) is 2.81. The van der Waals surface area contributed by atoms with E-state index in [0.29, 0.717) is 30.2 Å². The second kappa shape index (κ2) is 9.87. The lowest BCUT2D eigenvalue weighted by atomic mass is 10.1. The van der Waals surface area contributed by atoms with Crippen molar-refractivity contribution >= 4 is 30.7 Å². The molecular formula is C17H23Cl2FN4O2. The molecule has 2 heterocycles. The van der Waals surface area contributed by atoms with E-state index in [2.05, 4.69) is 15.6 Å². The third-order valence-corrected chi connectivity index (χ3v) is 4.16. The number of halogens is 3. The number of carbonyl (C=O) groups excluding carboxylic acids is 1. The molecule has 0 saturated carbocycles. The van der Waals surface area contributed by atoms with Crippen molar-refractivity contribution in [1.82, 2.24) is 20.2 Å². The van der Waals surface area contributed by atoms with Gasteiger partial charge in [0.1, 0.15) is 17.7 Å². The maximum atomic E-state index is 14.3. The zero-order valence-corrected chi connectivity index (χ0v) is 16.2. The summed E-state index contributed by atoms with van der Waals surface area (Å²) >= 11 is 0. The number of morpholine rings is 1. The summed E-state index contributed by atoms with van der Waals surface area (Å²) in [6, 6.07) is 4.54. The summed E-state index contributed by atoms with van der Waals surface area (Å²) in [6.07, 6.45) is 3.16. The van der Waals surface area contributed by atoms with E-state index in [0.717, 1.165) is 0 Å². The molecule has 0 radical (unpaired) electrons. The van der Waals surface area contributed by atoms with Crippen LogP contribution in [-0.2, 0) is 16.1 Å². The molecule has 2 aromatic rings. The lowest BCUT2D eigenvalue weighted by molar-refractivity contribution is -0.129. The highest BCUT2D eigenvalue weighted by Gasteiger charge is 2.27. The highest BCUT2D eigenvalue weighted by Crippen LogP contribution is 2.17. The number of aromatic nitrogens is 2. The Balaban J connectivity index is 0.00000169. The van der Waals surface area contributed by atoms with E-state index in [1.54, 1.807) is 29.1 Å². The topological polar surface area (TPSA) is 68.2 Å². The zero-order chi connectivity index (χ0) is 17.1. The summed E-state index contributed by atoms with van der Waals surface area (Å²) < 4.78 is 21.5. The molecule has 26 heavy (non-hydrogen) atoms. The largest absolute Gasteiger partial charge is 0.375 e. The number of imidazole rings is 1. The van der Waals surface area contributed by atoms with Gasteiger partial charge in [-0.3, -0.25) is 4.79 Å². The molecule has 1 aromatic heterocycles. The predicted molar refractivity (Wildman–Crippen MR) is 102 cm³/mol. The first-order valence-corrected chi connectivity index (χ1v) is 7.97. The molecule has 6 nitrogen and oxygen atoms in total. The Morgan fingerprint density at radius 3 is 2.85 bits per heavy atom. The van der Waals surface area contributed by atoms with Crippen LogP contribution in [-0.4, -0.2) is 40.8 Å². The molecule has 2 atom stereocenters. The molecule has 1 aliphatic rings. The van der Waals surface area contributed by atoms with Gasteiger partial charge in [-0.25, -0.2) is 9.37 Å². The molecule has 0 aliphatic carbocycles. The van der Waals surface area contributed by atoms with Crippen molar-refractivity contribution in [3.8, 4) is 5.69 Å². The van der Waals surface area contributed by atoms with E-state index < -0.39 is 0 Å². The van der Waals surface area contributed by atoms with Gasteiger partial charge >= 0.3 is 0 Å². The third-order valence-electron chi connectivity index (χ3n) is 4.16. The molecule has 3 rings (SSSR count). The van der Waals surface area contributed by atoms with Crippen LogP contribution in [0.3, 0.4) is 0 Å². The van der Waals surface area contributed by atoms with Gasteiger partial charge in [0.2, 0.25) is 5.91 Å². The van der Waals surface area contributed by atoms with Crippen LogP contribution in [0.15, 0.2) is 30.6 Å². The highest BCUT2D eigenvalue weighted by molar-refractivity contribution is 5.85. The normalized spacial score (nSPS) is 19.2. The summed E-state index contributed by atoms with van der Waals surface area (Å²) in [6.45, 7) is 5.19. The smallest absolute Gasteiger partial charge is 0.240 e. The van der Waals surface area contributed by atoms with Crippen molar-refractivity contribution < 1.29 is 13.9 Å². The number of carbonyl (C=O) groups is 1. The Hall–Kier alpha value is -1.67. The first-order chi connectivity index (χ1) is 11.6. The molecule has 1 saturated heterocycles. The average molecular weight is 405 g/mol. The van der Waals surface area contributed by atoms with E-state index in [1.165, 1.54) is 6.07 Å². The van der Waals surface area contributed by atoms with Crippen LogP contribution in [0.5, 0.6) is 0 Å². The van der Waals surface area contributed by atoms with Crippen molar-refractivity contribution in [2.24, 2.45) is 0 Å². The van der Waals surface area contributed by atoms with E-state index in [4.69, 9.17) is 4.74 Å². The molecule has 0 spiro atoms. The Kier molecular flexibility index (Phi) is 8.49. The number of rotatable bonds is 4. The molecule has 0 bridgehead atoms. The Labute approximate surface area is 164 Å². The predicted octanol–water partition coefficient (Wildman–Crippen LogP) is 2.16. The van der Waals surface area contributed by atoms with E-state index in [9.17, 15) is 9.18 Å². The number of hydrogen-bond donors (Lipinski definition) is 2. The van der Waals surface area contributed by atoms with Gasteiger partial charge in [-0.1, -0.05) is 6.07 Å². The van der Waals surface area contributed by atoms with Gasteiger partial charge in [-0.15, -0.1) is 24.8 Å². The number of ether oxygens (including phenoxy) is 1. The quantitative estimate of drug-likeness (QED) is 0.818. The summed E-state index contributed by atoms with van der Waals surface area (Å²) in [7, 11) is 0. The standard InChI is InChI=1S/C17H21FN4O2.2ClH/c1-11-16(20-6-8-24-11)17(23)21-10-13-3-4-15(14(18)9-13)22-7-5-19-12(22)2;;/h3-5,7,9,11,16,20H,6,8,10H2,1-2H3,(H,21,23);2*1H/t11-,16+;;/m1../s1. The van der Waals surface area contributed by atoms with Crippen molar-refractivity contribution in [3.05, 3.63) is 47.8 Å². The van der Waals surface area contributed by atoms with Crippen molar-refractivity contribution in [1.29, 1.82) is 0 Å².